The van der Waals surface area contributed by atoms with Crippen molar-refractivity contribution in [2.24, 2.45) is 4.99 Å². The number of halogens is 1. The number of benzene rings is 2. The highest BCUT2D eigenvalue weighted by Gasteiger charge is 2.22. The van der Waals surface area contributed by atoms with Crippen molar-refractivity contribution >= 4 is 41.5 Å². The topological polar surface area (TPSA) is 77.0 Å². The van der Waals surface area contributed by atoms with Gasteiger partial charge in [0.15, 0.2) is 5.96 Å². The number of rotatable bonds is 4. The molecule has 0 unspecified atom stereocenters. The standard InChI is InChI=1S/C19H22N4O2.HI/c1-20-19(23-13-10-14-4-2-3-5-17(14)23)22-12-11-21-18(25)15-6-8-16(24)9-7-15;/h2-9,24H,10-13H2,1H3,(H,20,22)(H,21,25);1H. The van der Waals surface area contributed by atoms with E-state index in [0.29, 0.717) is 18.7 Å². The summed E-state index contributed by atoms with van der Waals surface area (Å²) in [5, 5.41) is 15.4. The molecule has 2 aromatic carbocycles. The lowest BCUT2D eigenvalue weighted by Gasteiger charge is -2.22. The molecule has 3 rings (SSSR count). The maximum Gasteiger partial charge on any atom is 0.251 e. The summed E-state index contributed by atoms with van der Waals surface area (Å²) >= 11 is 0. The number of para-hydroxylation sites is 1. The number of carbonyl (C=O) groups is 1. The van der Waals surface area contributed by atoms with E-state index in [4.69, 9.17) is 0 Å². The van der Waals surface area contributed by atoms with Gasteiger partial charge in [-0.2, -0.15) is 0 Å². The SMILES string of the molecule is CN=C(NCCNC(=O)c1ccc(O)cc1)N1CCc2ccccc21.I. The third-order valence-corrected chi connectivity index (χ3v) is 4.18. The number of phenolic OH excluding ortho intramolecular Hbond substituents is 1. The Morgan fingerprint density at radius 3 is 2.54 bits per heavy atom. The van der Waals surface area contributed by atoms with Crippen molar-refractivity contribution in [3.05, 3.63) is 59.7 Å². The molecule has 1 heterocycles. The Labute approximate surface area is 170 Å². The number of amides is 1. The van der Waals surface area contributed by atoms with Gasteiger partial charge in [0.2, 0.25) is 0 Å². The molecule has 0 aliphatic carbocycles. The summed E-state index contributed by atoms with van der Waals surface area (Å²) in [6.07, 6.45) is 1.01. The zero-order valence-electron chi connectivity index (χ0n) is 14.6. The fourth-order valence-corrected chi connectivity index (χ4v) is 2.92. The number of hydrogen-bond donors (Lipinski definition) is 3. The highest BCUT2D eigenvalue weighted by molar-refractivity contribution is 14.0. The van der Waals surface area contributed by atoms with Crippen LogP contribution in [0.1, 0.15) is 15.9 Å². The van der Waals surface area contributed by atoms with Gasteiger partial charge in [-0.3, -0.25) is 9.79 Å². The van der Waals surface area contributed by atoms with Crippen LogP contribution in [0.25, 0.3) is 0 Å². The molecule has 0 saturated carbocycles. The molecule has 2 aromatic rings. The molecule has 0 radical (unpaired) electrons. The van der Waals surface area contributed by atoms with E-state index < -0.39 is 0 Å². The number of nitrogens with one attached hydrogen (secondary N) is 2. The number of hydrogen-bond acceptors (Lipinski definition) is 3. The van der Waals surface area contributed by atoms with E-state index in [1.54, 1.807) is 19.2 Å². The molecule has 3 N–H and O–H groups in total. The van der Waals surface area contributed by atoms with E-state index in [1.807, 2.05) is 6.07 Å². The molecule has 138 valence electrons. The minimum atomic E-state index is -0.164. The van der Waals surface area contributed by atoms with Crippen molar-refractivity contribution < 1.29 is 9.90 Å². The quantitative estimate of drug-likeness (QED) is 0.280. The minimum Gasteiger partial charge on any atom is -0.508 e. The van der Waals surface area contributed by atoms with Crippen LogP contribution in [0, 0.1) is 0 Å². The van der Waals surface area contributed by atoms with Crippen LogP contribution < -0.4 is 15.5 Å². The van der Waals surface area contributed by atoms with Crippen LogP contribution >= 0.6 is 24.0 Å². The number of fused-ring (bicyclic) bond motifs is 1. The second kappa shape index (κ2) is 9.42. The first kappa shape index (κ1) is 20.0. The van der Waals surface area contributed by atoms with E-state index >= 15 is 0 Å². The molecule has 26 heavy (non-hydrogen) atoms. The normalized spacial score (nSPS) is 13.0. The Morgan fingerprint density at radius 2 is 1.81 bits per heavy atom. The van der Waals surface area contributed by atoms with Gasteiger partial charge in [0.1, 0.15) is 5.75 Å². The second-order valence-corrected chi connectivity index (χ2v) is 5.81. The first-order chi connectivity index (χ1) is 12.2. The van der Waals surface area contributed by atoms with Crippen molar-refractivity contribution in [3.8, 4) is 5.75 Å². The maximum absolute atomic E-state index is 12.0. The van der Waals surface area contributed by atoms with Gasteiger partial charge in [0, 0.05) is 37.9 Å². The average Bonchev–Trinajstić information content (AvgIpc) is 3.06. The van der Waals surface area contributed by atoms with Crippen molar-refractivity contribution in [2.75, 3.05) is 31.6 Å². The van der Waals surface area contributed by atoms with Crippen LogP contribution in [0.5, 0.6) is 5.75 Å². The van der Waals surface area contributed by atoms with E-state index in [2.05, 4.69) is 38.7 Å². The molecular formula is C19H23IN4O2. The lowest BCUT2D eigenvalue weighted by molar-refractivity contribution is 0.0954. The fourth-order valence-electron chi connectivity index (χ4n) is 2.92. The van der Waals surface area contributed by atoms with E-state index in [0.717, 1.165) is 18.9 Å². The zero-order chi connectivity index (χ0) is 17.6. The number of guanidine groups is 1. The number of aromatic hydroxyl groups is 1. The number of carbonyl (C=O) groups excluding carboxylic acids is 1. The summed E-state index contributed by atoms with van der Waals surface area (Å²) in [5.74, 6) is 0.792. The number of anilines is 1. The third kappa shape index (κ3) is 4.66. The lowest BCUT2D eigenvalue weighted by Crippen LogP contribution is -2.43. The first-order valence-electron chi connectivity index (χ1n) is 8.32. The third-order valence-electron chi connectivity index (χ3n) is 4.18. The van der Waals surface area contributed by atoms with E-state index in [-0.39, 0.29) is 35.6 Å². The Kier molecular flexibility index (Phi) is 7.26. The van der Waals surface area contributed by atoms with Crippen LogP contribution in [-0.2, 0) is 6.42 Å². The van der Waals surface area contributed by atoms with Gasteiger partial charge in [-0.1, -0.05) is 18.2 Å². The molecule has 0 fully saturated rings. The van der Waals surface area contributed by atoms with Gasteiger partial charge in [0.25, 0.3) is 5.91 Å². The molecule has 0 spiro atoms. The van der Waals surface area contributed by atoms with Crippen LogP contribution in [0.4, 0.5) is 5.69 Å². The van der Waals surface area contributed by atoms with Crippen molar-refractivity contribution in [1.29, 1.82) is 0 Å². The second-order valence-electron chi connectivity index (χ2n) is 5.81. The lowest BCUT2D eigenvalue weighted by atomic mass is 10.2. The number of nitrogens with zero attached hydrogens (tertiary/aromatic N) is 2. The van der Waals surface area contributed by atoms with Crippen LogP contribution in [0.2, 0.25) is 0 Å². The molecule has 0 saturated heterocycles. The fraction of sp³-hybridized carbons (Fsp3) is 0.263. The Morgan fingerprint density at radius 1 is 1.12 bits per heavy atom. The Bertz CT molecular complexity index is 777. The van der Waals surface area contributed by atoms with Gasteiger partial charge >= 0.3 is 0 Å². The summed E-state index contributed by atoms with van der Waals surface area (Å²) in [6.45, 7) is 1.96. The van der Waals surface area contributed by atoms with E-state index in [9.17, 15) is 9.90 Å². The molecule has 0 bridgehead atoms. The highest BCUT2D eigenvalue weighted by atomic mass is 127. The summed E-state index contributed by atoms with van der Waals surface area (Å²) in [6, 6.07) is 14.5. The number of aliphatic imine (C=N–C) groups is 1. The highest BCUT2D eigenvalue weighted by Crippen LogP contribution is 2.27. The summed E-state index contributed by atoms with van der Waals surface area (Å²) in [5.41, 5.74) is 3.03. The molecule has 0 aromatic heterocycles. The molecule has 0 atom stereocenters. The summed E-state index contributed by atoms with van der Waals surface area (Å²) < 4.78 is 0. The molecule has 1 aliphatic heterocycles. The largest absolute Gasteiger partial charge is 0.508 e. The summed E-state index contributed by atoms with van der Waals surface area (Å²) in [4.78, 5) is 18.5. The Hall–Kier alpha value is -2.29. The number of phenols is 1. The molecule has 1 amide bonds. The maximum atomic E-state index is 12.0. The Balaban J connectivity index is 0.00000243. The average molecular weight is 466 g/mol. The molecule has 1 aliphatic rings. The van der Waals surface area contributed by atoms with Crippen LogP contribution in [-0.4, -0.2) is 43.7 Å². The molecule has 6 nitrogen and oxygen atoms in total. The van der Waals surface area contributed by atoms with Gasteiger partial charge in [0.05, 0.1) is 0 Å². The van der Waals surface area contributed by atoms with Crippen molar-refractivity contribution in [1.82, 2.24) is 10.6 Å². The van der Waals surface area contributed by atoms with E-state index in [1.165, 1.54) is 23.4 Å². The monoisotopic (exact) mass is 466 g/mol. The molecule has 7 heteroatoms. The zero-order valence-corrected chi connectivity index (χ0v) is 16.9. The predicted octanol–water partition coefficient (Wildman–Crippen LogP) is 2.38. The van der Waals surface area contributed by atoms with Gasteiger partial charge in [-0.25, -0.2) is 0 Å². The predicted molar refractivity (Wildman–Crippen MR) is 115 cm³/mol. The van der Waals surface area contributed by atoms with Gasteiger partial charge in [-0.15, -0.1) is 24.0 Å². The first-order valence-corrected chi connectivity index (χ1v) is 8.32. The van der Waals surface area contributed by atoms with Crippen molar-refractivity contribution in [2.45, 2.75) is 6.42 Å². The van der Waals surface area contributed by atoms with Crippen LogP contribution in [0.3, 0.4) is 0 Å². The van der Waals surface area contributed by atoms with Crippen molar-refractivity contribution in [3.63, 3.8) is 0 Å². The van der Waals surface area contributed by atoms with Crippen LogP contribution in [0.15, 0.2) is 53.5 Å². The van der Waals surface area contributed by atoms with Gasteiger partial charge < -0.3 is 20.6 Å². The molecular weight excluding hydrogens is 443 g/mol. The summed E-state index contributed by atoms with van der Waals surface area (Å²) in [7, 11) is 1.76. The van der Waals surface area contributed by atoms with Gasteiger partial charge in [-0.05, 0) is 42.3 Å². The minimum absolute atomic E-state index is 0. The smallest absolute Gasteiger partial charge is 0.251 e.